The van der Waals surface area contributed by atoms with Gasteiger partial charge in [0.05, 0.1) is 0 Å². The van der Waals surface area contributed by atoms with Gasteiger partial charge in [0.1, 0.15) is 0 Å². The molecule has 6 nitrogen and oxygen atoms in total. The van der Waals surface area contributed by atoms with E-state index in [1.54, 1.807) is 0 Å². The van der Waals surface area contributed by atoms with Crippen LogP contribution in [0.2, 0.25) is 0 Å². The van der Waals surface area contributed by atoms with Gasteiger partial charge >= 0.3 is 24.6 Å². The van der Waals surface area contributed by atoms with E-state index in [1.807, 2.05) is 0 Å². The van der Waals surface area contributed by atoms with E-state index in [0.29, 0.717) is 0 Å². The lowest BCUT2D eigenvalue weighted by Crippen LogP contribution is -2.54. The summed E-state index contributed by atoms with van der Waals surface area (Å²) in [5.41, 5.74) is 0. The third-order valence-corrected chi connectivity index (χ3v) is 1.72. The number of aliphatic carboxylic acids is 3. The Labute approximate surface area is 86.8 Å². The molecule has 0 bridgehead atoms. The van der Waals surface area contributed by atoms with E-state index in [4.69, 9.17) is 15.3 Å². The van der Waals surface area contributed by atoms with Crippen molar-refractivity contribution in [2.24, 2.45) is 0 Å². The van der Waals surface area contributed by atoms with Crippen molar-refractivity contribution in [1.82, 2.24) is 0 Å². The smallest absolute Gasteiger partial charge is 0.330 e. The van der Waals surface area contributed by atoms with Crippen LogP contribution in [-0.2, 0) is 14.4 Å². The highest BCUT2D eigenvalue weighted by Gasteiger charge is 2.51. The number of carboxylic acid groups (broad SMARTS) is 3. The Kier molecular flexibility index (Phi) is 4.79. The molecular weight excluding hydrogens is 236 g/mol. The van der Waals surface area contributed by atoms with E-state index >= 15 is 0 Å². The summed E-state index contributed by atoms with van der Waals surface area (Å²) >= 11 is 0. The zero-order valence-corrected chi connectivity index (χ0v) is 7.51. The summed E-state index contributed by atoms with van der Waals surface area (Å²) in [5.74, 6) is -7.01. The molecule has 3 unspecified atom stereocenters. The van der Waals surface area contributed by atoms with Crippen molar-refractivity contribution in [3.05, 3.63) is 0 Å². The van der Waals surface area contributed by atoms with Crippen molar-refractivity contribution < 1.29 is 42.9 Å². The molecule has 0 aromatic carbocycles. The molecule has 0 aliphatic carbocycles. The van der Waals surface area contributed by atoms with Gasteiger partial charge in [0.2, 0.25) is 0 Å². The number of halogens is 3. The summed E-state index contributed by atoms with van der Waals surface area (Å²) in [6.45, 7) is -2.94. The monoisotopic (exact) mass is 242 g/mol. The molecule has 16 heavy (non-hydrogen) atoms. The molecule has 10 heteroatoms. The van der Waals surface area contributed by atoms with Crippen LogP contribution in [-0.4, -0.2) is 58.2 Å². The molecule has 0 spiro atoms. The molecule has 0 heterocycles. The molecule has 3 N–H and O–H groups in total. The maximum Gasteiger partial charge on any atom is 0.330 e. The highest BCUT2D eigenvalue weighted by Crippen LogP contribution is 2.14. The van der Waals surface area contributed by atoms with Gasteiger partial charge in [0.25, 0.3) is 0 Å². The summed E-state index contributed by atoms with van der Waals surface area (Å²) in [6.07, 6.45) is -9.80. The van der Waals surface area contributed by atoms with Gasteiger partial charge in [-0.1, -0.05) is 0 Å². The Morgan fingerprint density at radius 3 is 1.06 bits per heavy atom. The number of rotatable bonds is 6. The van der Waals surface area contributed by atoms with Crippen LogP contribution in [0.1, 0.15) is 0 Å². The molecule has 0 aliphatic rings. The normalized spacial score (nSPS) is 15.9. The maximum absolute atomic E-state index is 12.8. The van der Waals surface area contributed by atoms with E-state index in [2.05, 4.69) is 0 Å². The second kappa shape index (κ2) is 5.38. The second-order valence-electron chi connectivity index (χ2n) is 2.80. The number of hydrogen-bond donors (Lipinski definition) is 3. The fourth-order valence-electron chi connectivity index (χ4n) is 0.939. The van der Waals surface area contributed by atoms with Crippen molar-refractivity contribution >= 4 is 24.6 Å². The van der Waals surface area contributed by atoms with Gasteiger partial charge in [0, 0.05) is 0 Å². The average Bonchev–Trinajstić information content (AvgIpc) is 2.16. The summed E-state index contributed by atoms with van der Waals surface area (Å²) < 4.78 is 38.4. The molecule has 0 saturated heterocycles. The lowest BCUT2D eigenvalue weighted by atomic mass is 9.39. The first kappa shape index (κ1) is 14.3. The molecule has 0 radical (unpaired) electrons. The molecule has 0 fully saturated rings. The minimum atomic E-state index is -3.27. The zero-order chi connectivity index (χ0) is 13.0. The van der Waals surface area contributed by atoms with Crippen LogP contribution in [0.25, 0.3) is 0 Å². The molecule has 0 saturated carbocycles. The highest BCUT2D eigenvalue weighted by atomic mass is 19.2. The molecule has 90 valence electrons. The zero-order valence-electron chi connectivity index (χ0n) is 7.51. The fourth-order valence-corrected chi connectivity index (χ4v) is 0.939. The Hall–Kier alpha value is -1.74. The lowest BCUT2D eigenvalue weighted by molar-refractivity contribution is -0.141. The molecule has 0 aromatic heterocycles. The van der Waals surface area contributed by atoms with Gasteiger partial charge in [-0.2, -0.15) is 0 Å². The SMILES string of the molecule is O=C(O)C(F)B(C(F)C(=O)O)C(F)C(=O)O. The van der Waals surface area contributed by atoms with E-state index in [-0.39, 0.29) is 0 Å². The molecule has 3 atom stereocenters. The average molecular weight is 242 g/mol. The minimum absolute atomic E-state index is 2.34. The van der Waals surface area contributed by atoms with Crippen LogP contribution in [0.5, 0.6) is 0 Å². The van der Waals surface area contributed by atoms with Gasteiger partial charge < -0.3 is 15.3 Å². The van der Waals surface area contributed by atoms with Crippen molar-refractivity contribution in [2.45, 2.75) is 18.2 Å². The first-order valence-electron chi connectivity index (χ1n) is 3.80. The van der Waals surface area contributed by atoms with Gasteiger partial charge in [-0.15, -0.1) is 0 Å². The predicted octanol–water partition coefficient (Wildman–Crippen LogP) is -0.633. The van der Waals surface area contributed by atoms with Crippen LogP contribution in [0, 0.1) is 0 Å². The van der Waals surface area contributed by atoms with Crippen LogP contribution in [0.3, 0.4) is 0 Å². The maximum atomic E-state index is 12.8. The number of carboxylic acids is 3. The largest absolute Gasteiger partial charge is 0.480 e. The van der Waals surface area contributed by atoms with Gasteiger partial charge in [-0.25, -0.2) is 27.6 Å². The first-order chi connectivity index (χ1) is 7.20. The minimum Gasteiger partial charge on any atom is -0.480 e. The van der Waals surface area contributed by atoms with Crippen molar-refractivity contribution in [3.8, 4) is 0 Å². The summed E-state index contributed by atoms with van der Waals surface area (Å²) in [4.78, 5) is 30.3. The second-order valence-corrected chi connectivity index (χ2v) is 2.80. The summed E-state index contributed by atoms with van der Waals surface area (Å²) in [6, 6.07) is 0. The molecule has 0 aliphatic heterocycles. The van der Waals surface area contributed by atoms with E-state index in [9.17, 15) is 27.6 Å². The van der Waals surface area contributed by atoms with Crippen molar-refractivity contribution in [1.29, 1.82) is 0 Å². The third-order valence-electron chi connectivity index (χ3n) is 1.72. The van der Waals surface area contributed by atoms with Gasteiger partial charge in [-0.05, 0) is 0 Å². The van der Waals surface area contributed by atoms with Gasteiger partial charge in [-0.3, -0.25) is 0 Å². The predicted molar refractivity (Wildman–Crippen MR) is 43.3 cm³/mol. The molecular formula is C6H6BF3O6. The Bertz CT molecular complexity index is 263. The van der Waals surface area contributed by atoms with Crippen LogP contribution >= 0.6 is 0 Å². The number of hydrogen-bond acceptors (Lipinski definition) is 3. The summed E-state index contributed by atoms with van der Waals surface area (Å²) in [7, 11) is 0. The molecule has 0 aromatic rings. The van der Waals surface area contributed by atoms with Crippen molar-refractivity contribution in [2.75, 3.05) is 0 Å². The first-order valence-corrected chi connectivity index (χ1v) is 3.80. The fraction of sp³-hybridized carbons (Fsp3) is 0.500. The highest BCUT2D eigenvalue weighted by molar-refractivity contribution is 6.72. The standard InChI is InChI=1S/C6H6BF3O6/c8-1(4(11)12)7(2(9)5(13)14)3(10)6(15)16/h1-3H,(H,11,12)(H,13,14)(H,15,16). The topological polar surface area (TPSA) is 112 Å². The quantitative estimate of drug-likeness (QED) is 0.534. The van der Waals surface area contributed by atoms with E-state index in [0.717, 1.165) is 0 Å². The molecule has 0 rings (SSSR count). The summed E-state index contributed by atoms with van der Waals surface area (Å²) in [5, 5.41) is 24.4. The van der Waals surface area contributed by atoms with Crippen LogP contribution in [0.15, 0.2) is 0 Å². The Balaban J connectivity index is 5.12. The third kappa shape index (κ3) is 3.14. The van der Waals surface area contributed by atoms with E-state index in [1.165, 1.54) is 0 Å². The van der Waals surface area contributed by atoms with Gasteiger partial charge in [0.15, 0.2) is 18.2 Å². The molecule has 0 amide bonds. The number of alkyl halides is 3. The Morgan fingerprint density at radius 1 is 0.750 bits per heavy atom. The van der Waals surface area contributed by atoms with E-state index < -0.39 is 42.8 Å². The Morgan fingerprint density at radius 2 is 0.938 bits per heavy atom. The lowest BCUT2D eigenvalue weighted by Gasteiger charge is -2.16. The number of carbonyl (C=O) groups is 3. The van der Waals surface area contributed by atoms with Crippen molar-refractivity contribution in [3.63, 3.8) is 0 Å². The van der Waals surface area contributed by atoms with Crippen LogP contribution < -0.4 is 0 Å². The van der Waals surface area contributed by atoms with Crippen LogP contribution in [0.4, 0.5) is 13.2 Å².